The monoisotopic (exact) mass is 329 g/mol. The fraction of sp³-hybridized carbons (Fsp3) is 0.600. The lowest BCUT2D eigenvalue weighted by Crippen LogP contribution is -2.48. The molecule has 0 radical (unpaired) electrons. The highest BCUT2D eigenvalue weighted by Gasteiger charge is 2.45. The molecule has 0 N–H and O–H groups in total. The highest BCUT2D eigenvalue weighted by atomic mass is 16.6. The Morgan fingerprint density at radius 2 is 1.67 bits per heavy atom. The first kappa shape index (κ1) is 17.0. The van der Waals surface area contributed by atoms with Gasteiger partial charge in [-0.1, -0.05) is 30.3 Å². The van der Waals surface area contributed by atoms with Crippen molar-refractivity contribution in [1.82, 2.24) is 4.90 Å². The number of benzene rings is 1. The predicted molar refractivity (Wildman–Crippen MR) is 93.0 cm³/mol. The maximum absolute atomic E-state index is 12.5. The van der Waals surface area contributed by atoms with Crippen LogP contribution >= 0.6 is 0 Å². The van der Waals surface area contributed by atoms with Gasteiger partial charge in [0.15, 0.2) is 5.78 Å². The number of carbonyl (C=O) groups is 2. The molecule has 4 heteroatoms. The van der Waals surface area contributed by atoms with E-state index in [4.69, 9.17) is 4.74 Å². The van der Waals surface area contributed by atoms with Crippen LogP contribution in [0.5, 0.6) is 0 Å². The molecule has 1 aromatic rings. The van der Waals surface area contributed by atoms with E-state index in [9.17, 15) is 9.59 Å². The molecule has 1 amide bonds. The number of ether oxygens (including phenoxy) is 1. The highest BCUT2D eigenvalue weighted by Crippen LogP contribution is 2.41. The van der Waals surface area contributed by atoms with Gasteiger partial charge in [-0.05, 0) is 52.4 Å². The Kier molecular flexibility index (Phi) is 4.66. The number of rotatable bonds is 3. The Labute approximate surface area is 144 Å². The van der Waals surface area contributed by atoms with Gasteiger partial charge in [-0.15, -0.1) is 0 Å². The molecule has 2 aliphatic heterocycles. The van der Waals surface area contributed by atoms with E-state index in [0.29, 0.717) is 12.3 Å². The van der Waals surface area contributed by atoms with Gasteiger partial charge in [0.25, 0.3) is 0 Å². The maximum atomic E-state index is 12.5. The zero-order valence-corrected chi connectivity index (χ0v) is 14.8. The molecule has 24 heavy (non-hydrogen) atoms. The summed E-state index contributed by atoms with van der Waals surface area (Å²) in [5, 5.41) is 0. The number of nitrogens with zero attached hydrogens (tertiary/aromatic N) is 1. The summed E-state index contributed by atoms with van der Waals surface area (Å²) in [7, 11) is 0. The van der Waals surface area contributed by atoms with Gasteiger partial charge in [0.2, 0.25) is 0 Å². The molecule has 2 fully saturated rings. The lowest BCUT2D eigenvalue weighted by Gasteiger charge is -2.39. The molecule has 2 bridgehead atoms. The normalized spacial score (nSPS) is 26.3. The van der Waals surface area contributed by atoms with Crippen molar-refractivity contribution in [2.24, 2.45) is 5.92 Å². The lowest BCUT2D eigenvalue weighted by molar-refractivity contribution is 0.00203. The minimum absolute atomic E-state index is 0.192. The van der Waals surface area contributed by atoms with Gasteiger partial charge in [0.05, 0.1) is 0 Å². The summed E-state index contributed by atoms with van der Waals surface area (Å²) in [6, 6.07) is 9.96. The maximum Gasteiger partial charge on any atom is 0.410 e. The van der Waals surface area contributed by atoms with Crippen molar-refractivity contribution in [3.05, 3.63) is 35.9 Å². The minimum Gasteiger partial charge on any atom is -0.444 e. The molecule has 1 aromatic carbocycles. The van der Waals surface area contributed by atoms with E-state index in [2.05, 4.69) is 0 Å². The van der Waals surface area contributed by atoms with Crippen LogP contribution in [0.1, 0.15) is 63.2 Å². The van der Waals surface area contributed by atoms with Gasteiger partial charge in [-0.25, -0.2) is 4.79 Å². The van der Waals surface area contributed by atoms with Crippen molar-refractivity contribution in [3.8, 4) is 0 Å². The standard InChI is InChI=1S/C20H27NO3/c1-20(2,3)24-19(23)21-16-9-10-17(21)12-14(11-16)13-18(22)15-7-5-4-6-8-15/h4-8,14,16-17H,9-13H2,1-3H3/t14?,16-,17+. The molecule has 1 unspecified atom stereocenters. The second kappa shape index (κ2) is 6.58. The van der Waals surface area contributed by atoms with Crippen molar-refractivity contribution in [2.45, 2.75) is 70.6 Å². The van der Waals surface area contributed by atoms with Crippen LogP contribution in [0, 0.1) is 5.92 Å². The summed E-state index contributed by atoms with van der Waals surface area (Å²) in [5.74, 6) is 0.583. The molecule has 0 saturated carbocycles. The summed E-state index contributed by atoms with van der Waals surface area (Å²) in [6.07, 6.45) is 4.27. The first-order valence-corrected chi connectivity index (χ1v) is 8.93. The number of ketones is 1. The minimum atomic E-state index is -0.462. The molecule has 2 aliphatic rings. The van der Waals surface area contributed by atoms with Crippen molar-refractivity contribution in [1.29, 1.82) is 0 Å². The Bertz CT molecular complexity index is 591. The molecule has 2 saturated heterocycles. The van der Waals surface area contributed by atoms with E-state index in [1.165, 1.54) is 0 Å². The van der Waals surface area contributed by atoms with Crippen LogP contribution in [0.25, 0.3) is 0 Å². The SMILES string of the molecule is CC(C)(C)OC(=O)N1[C@@H]2CC[C@H]1CC(CC(=O)c1ccccc1)C2. The van der Waals surface area contributed by atoms with Gasteiger partial charge in [-0.3, -0.25) is 4.79 Å². The molecule has 3 rings (SSSR count). The third-order valence-electron chi connectivity index (χ3n) is 5.00. The Morgan fingerprint density at radius 3 is 2.21 bits per heavy atom. The number of Topliss-reactive ketones (excluding diaryl/α,β-unsaturated/α-hetero) is 1. The van der Waals surface area contributed by atoms with E-state index in [1.807, 2.05) is 56.0 Å². The Balaban J connectivity index is 1.61. The van der Waals surface area contributed by atoms with E-state index in [-0.39, 0.29) is 24.0 Å². The summed E-state index contributed by atoms with van der Waals surface area (Å²) < 4.78 is 5.56. The number of carbonyl (C=O) groups excluding carboxylic acids is 2. The fourth-order valence-electron chi connectivity index (χ4n) is 4.07. The second-order valence-corrected chi connectivity index (χ2v) is 8.10. The van der Waals surface area contributed by atoms with Crippen LogP contribution in [0.2, 0.25) is 0 Å². The van der Waals surface area contributed by atoms with Crippen molar-refractivity contribution in [3.63, 3.8) is 0 Å². The summed E-state index contributed by atoms with van der Waals surface area (Å²) >= 11 is 0. The quantitative estimate of drug-likeness (QED) is 0.770. The number of fused-ring (bicyclic) bond motifs is 2. The van der Waals surface area contributed by atoms with Crippen LogP contribution in [0.4, 0.5) is 4.79 Å². The van der Waals surface area contributed by atoms with E-state index < -0.39 is 5.60 Å². The summed E-state index contributed by atoms with van der Waals surface area (Å²) in [4.78, 5) is 26.8. The zero-order valence-electron chi connectivity index (χ0n) is 14.8. The predicted octanol–water partition coefficient (Wildman–Crippen LogP) is 4.44. The van der Waals surface area contributed by atoms with Crippen molar-refractivity contribution in [2.75, 3.05) is 0 Å². The fourth-order valence-corrected chi connectivity index (χ4v) is 4.07. The topological polar surface area (TPSA) is 46.6 Å². The van der Waals surface area contributed by atoms with Gasteiger partial charge >= 0.3 is 6.09 Å². The third kappa shape index (κ3) is 3.80. The van der Waals surface area contributed by atoms with Crippen LogP contribution in [-0.2, 0) is 4.74 Å². The van der Waals surface area contributed by atoms with Gasteiger partial charge in [0.1, 0.15) is 5.60 Å². The van der Waals surface area contributed by atoms with Crippen molar-refractivity contribution < 1.29 is 14.3 Å². The van der Waals surface area contributed by atoms with Gasteiger partial charge < -0.3 is 9.64 Å². The second-order valence-electron chi connectivity index (χ2n) is 8.10. The molecular formula is C20H27NO3. The molecule has 0 spiro atoms. The van der Waals surface area contributed by atoms with E-state index in [0.717, 1.165) is 31.2 Å². The molecule has 130 valence electrons. The molecular weight excluding hydrogens is 302 g/mol. The smallest absolute Gasteiger partial charge is 0.410 e. The third-order valence-corrected chi connectivity index (χ3v) is 5.00. The molecule has 0 aromatic heterocycles. The first-order valence-electron chi connectivity index (χ1n) is 8.93. The summed E-state index contributed by atoms with van der Waals surface area (Å²) in [6.45, 7) is 5.70. The summed E-state index contributed by atoms with van der Waals surface area (Å²) in [5.41, 5.74) is 0.329. The number of amides is 1. The zero-order chi connectivity index (χ0) is 17.3. The van der Waals surface area contributed by atoms with Crippen LogP contribution < -0.4 is 0 Å². The van der Waals surface area contributed by atoms with E-state index in [1.54, 1.807) is 0 Å². The first-order chi connectivity index (χ1) is 11.3. The molecule has 3 atom stereocenters. The molecule has 2 heterocycles. The molecule has 4 nitrogen and oxygen atoms in total. The van der Waals surface area contributed by atoms with Crippen LogP contribution in [-0.4, -0.2) is 34.5 Å². The average molecular weight is 329 g/mol. The Hall–Kier alpha value is -1.84. The Morgan fingerprint density at radius 1 is 1.08 bits per heavy atom. The lowest BCUT2D eigenvalue weighted by atomic mass is 9.86. The average Bonchev–Trinajstić information content (AvgIpc) is 2.78. The van der Waals surface area contributed by atoms with Crippen molar-refractivity contribution >= 4 is 11.9 Å². The van der Waals surface area contributed by atoms with Crippen LogP contribution in [0.15, 0.2) is 30.3 Å². The highest BCUT2D eigenvalue weighted by molar-refractivity contribution is 5.96. The van der Waals surface area contributed by atoms with Gasteiger partial charge in [-0.2, -0.15) is 0 Å². The number of hydrogen-bond donors (Lipinski definition) is 0. The number of piperidine rings is 1. The number of hydrogen-bond acceptors (Lipinski definition) is 3. The van der Waals surface area contributed by atoms with Crippen LogP contribution in [0.3, 0.4) is 0 Å². The largest absolute Gasteiger partial charge is 0.444 e. The van der Waals surface area contributed by atoms with Gasteiger partial charge in [0, 0.05) is 24.1 Å². The molecule has 0 aliphatic carbocycles. The van der Waals surface area contributed by atoms with E-state index >= 15 is 0 Å².